The lowest BCUT2D eigenvalue weighted by atomic mass is 10.1. The van der Waals surface area contributed by atoms with Gasteiger partial charge in [0.05, 0.1) is 5.69 Å². The van der Waals surface area contributed by atoms with E-state index in [9.17, 15) is 8.42 Å². The molecule has 3 rings (SSSR count). The summed E-state index contributed by atoms with van der Waals surface area (Å²) in [6.45, 7) is 0. The molecule has 2 saturated carbocycles. The zero-order valence-electron chi connectivity index (χ0n) is 10.7. The Kier molecular flexibility index (Phi) is 2.94. The van der Waals surface area contributed by atoms with Crippen LogP contribution < -0.4 is 16.2 Å². The fourth-order valence-corrected chi connectivity index (χ4v) is 3.27. The van der Waals surface area contributed by atoms with Crippen LogP contribution in [0.3, 0.4) is 0 Å². The van der Waals surface area contributed by atoms with E-state index in [-0.39, 0.29) is 10.6 Å². The first-order valence-corrected chi connectivity index (χ1v) is 8.18. The van der Waals surface area contributed by atoms with Crippen LogP contribution in [-0.4, -0.2) is 14.5 Å². The normalized spacial score (nSPS) is 19.7. The van der Waals surface area contributed by atoms with E-state index in [2.05, 4.69) is 5.32 Å². The first-order chi connectivity index (χ1) is 8.95. The van der Waals surface area contributed by atoms with Gasteiger partial charge in [-0.05, 0) is 55.7 Å². The van der Waals surface area contributed by atoms with Crippen LogP contribution >= 0.6 is 0 Å². The van der Waals surface area contributed by atoms with Crippen molar-refractivity contribution >= 4 is 21.4 Å². The number of rotatable bonds is 5. The van der Waals surface area contributed by atoms with Crippen LogP contribution in [-0.2, 0) is 10.0 Å². The SMILES string of the molecule is Nc1cc(NC(C2CC2)C2CC2)ccc1S(N)(=O)=O. The van der Waals surface area contributed by atoms with Gasteiger partial charge in [-0.2, -0.15) is 0 Å². The van der Waals surface area contributed by atoms with Crippen LogP contribution in [0.4, 0.5) is 11.4 Å². The Morgan fingerprint density at radius 3 is 2.16 bits per heavy atom. The third-order valence-corrected chi connectivity index (χ3v) is 4.89. The highest BCUT2D eigenvalue weighted by Gasteiger charge is 2.41. The maximum Gasteiger partial charge on any atom is 0.240 e. The molecule has 2 aliphatic carbocycles. The van der Waals surface area contributed by atoms with Gasteiger partial charge in [0, 0.05) is 11.7 Å². The van der Waals surface area contributed by atoms with Crippen LogP contribution in [0, 0.1) is 11.8 Å². The lowest BCUT2D eigenvalue weighted by Gasteiger charge is -2.19. The van der Waals surface area contributed by atoms with Crippen molar-refractivity contribution in [2.75, 3.05) is 11.1 Å². The molecular formula is C13H19N3O2S. The van der Waals surface area contributed by atoms with Gasteiger partial charge < -0.3 is 11.1 Å². The Morgan fingerprint density at radius 1 is 1.16 bits per heavy atom. The van der Waals surface area contributed by atoms with Gasteiger partial charge >= 0.3 is 0 Å². The van der Waals surface area contributed by atoms with Crippen molar-refractivity contribution in [2.24, 2.45) is 17.0 Å². The summed E-state index contributed by atoms with van der Waals surface area (Å²) in [7, 11) is -3.74. The highest BCUT2D eigenvalue weighted by molar-refractivity contribution is 7.89. The van der Waals surface area contributed by atoms with Crippen LogP contribution in [0.1, 0.15) is 25.7 Å². The number of anilines is 2. The number of nitrogen functional groups attached to an aromatic ring is 1. The number of benzene rings is 1. The van der Waals surface area contributed by atoms with E-state index in [1.165, 1.54) is 31.7 Å². The topological polar surface area (TPSA) is 98.2 Å². The molecule has 0 atom stereocenters. The maximum absolute atomic E-state index is 11.3. The molecular weight excluding hydrogens is 262 g/mol. The summed E-state index contributed by atoms with van der Waals surface area (Å²) in [5.74, 6) is 1.54. The van der Waals surface area contributed by atoms with Gasteiger partial charge in [0.15, 0.2) is 0 Å². The first-order valence-electron chi connectivity index (χ1n) is 6.64. The summed E-state index contributed by atoms with van der Waals surface area (Å²) in [6.07, 6.45) is 5.16. The Balaban J connectivity index is 1.80. The Hall–Kier alpha value is -1.27. The minimum atomic E-state index is -3.74. The zero-order valence-corrected chi connectivity index (χ0v) is 11.5. The van der Waals surface area contributed by atoms with E-state index in [4.69, 9.17) is 10.9 Å². The molecule has 19 heavy (non-hydrogen) atoms. The number of nitrogens with two attached hydrogens (primary N) is 2. The molecule has 6 heteroatoms. The number of primary sulfonamides is 1. The van der Waals surface area contributed by atoms with Gasteiger partial charge in [-0.25, -0.2) is 13.6 Å². The second kappa shape index (κ2) is 4.38. The van der Waals surface area contributed by atoms with Crippen molar-refractivity contribution < 1.29 is 8.42 Å². The molecule has 5 nitrogen and oxygen atoms in total. The van der Waals surface area contributed by atoms with E-state index in [1.807, 2.05) is 0 Å². The molecule has 104 valence electrons. The van der Waals surface area contributed by atoms with E-state index in [0.717, 1.165) is 17.5 Å². The second-order valence-electron chi connectivity index (χ2n) is 5.64. The van der Waals surface area contributed by atoms with Gasteiger partial charge in [-0.1, -0.05) is 0 Å². The quantitative estimate of drug-likeness (QED) is 0.713. The summed E-state index contributed by atoms with van der Waals surface area (Å²) >= 11 is 0. The van der Waals surface area contributed by atoms with Crippen molar-refractivity contribution in [3.63, 3.8) is 0 Å². The molecule has 0 radical (unpaired) electrons. The highest BCUT2D eigenvalue weighted by Crippen LogP contribution is 2.46. The molecule has 0 aromatic heterocycles. The Labute approximate surface area is 113 Å². The van der Waals surface area contributed by atoms with Crippen molar-refractivity contribution in [1.29, 1.82) is 0 Å². The predicted octanol–water partition coefficient (Wildman–Crippen LogP) is 1.52. The summed E-state index contributed by atoms with van der Waals surface area (Å²) in [4.78, 5) is -0.00700. The molecule has 0 heterocycles. The smallest absolute Gasteiger partial charge is 0.240 e. The average molecular weight is 281 g/mol. The zero-order chi connectivity index (χ0) is 13.6. The summed E-state index contributed by atoms with van der Waals surface area (Å²) in [6, 6.07) is 5.40. The van der Waals surface area contributed by atoms with Gasteiger partial charge in [0.25, 0.3) is 0 Å². The molecule has 0 unspecified atom stereocenters. The van der Waals surface area contributed by atoms with Gasteiger partial charge in [0.2, 0.25) is 10.0 Å². The fraction of sp³-hybridized carbons (Fsp3) is 0.538. The van der Waals surface area contributed by atoms with Gasteiger partial charge in [-0.15, -0.1) is 0 Å². The third-order valence-electron chi connectivity index (χ3n) is 3.91. The molecule has 2 aliphatic rings. The standard InChI is InChI=1S/C13H19N3O2S/c14-11-7-10(5-6-12(11)19(15,17)18)16-13(8-1-2-8)9-3-4-9/h5-9,13,16H,1-4,14H2,(H2,15,17,18). The van der Waals surface area contributed by atoms with E-state index in [1.54, 1.807) is 12.1 Å². The van der Waals surface area contributed by atoms with Crippen molar-refractivity contribution in [3.05, 3.63) is 18.2 Å². The molecule has 1 aromatic rings. The lowest BCUT2D eigenvalue weighted by Crippen LogP contribution is -2.24. The largest absolute Gasteiger partial charge is 0.398 e. The van der Waals surface area contributed by atoms with E-state index >= 15 is 0 Å². The molecule has 0 saturated heterocycles. The Bertz CT molecular complexity index is 580. The maximum atomic E-state index is 11.3. The Morgan fingerprint density at radius 2 is 1.74 bits per heavy atom. The average Bonchev–Trinajstić information content (AvgIpc) is 3.16. The van der Waals surface area contributed by atoms with Gasteiger partial charge in [0.1, 0.15) is 4.90 Å². The minimum Gasteiger partial charge on any atom is -0.398 e. The molecule has 0 amide bonds. The summed E-state index contributed by atoms with van der Waals surface area (Å²) in [5, 5.41) is 8.60. The minimum absolute atomic E-state index is 0.00700. The number of hydrogen-bond acceptors (Lipinski definition) is 4. The number of sulfonamides is 1. The molecule has 0 bridgehead atoms. The van der Waals surface area contributed by atoms with Gasteiger partial charge in [-0.3, -0.25) is 0 Å². The monoisotopic (exact) mass is 281 g/mol. The van der Waals surface area contributed by atoms with E-state index < -0.39 is 10.0 Å². The molecule has 1 aromatic carbocycles. The van der Waals surface area contributed by atoms with Crippen LogP contribution in [0.15, 0.2) is 23.1 Å². The van der Waals surface area contributed by atoms with Crippen LogP contribution in [0.5, 0.6) is 0 Å². The third kappa shape index (κ3) is 2.84. The highest BCUT2D eigenvalue weighted by atomic mass is 32.2. The van der Waals surface area contributed by atoms with Crippen LogP contribution in [0.2, 0.25) is 0 Å². The molecule has 0 spiro atoms. The number of nitrogens with one attached hydrogen (secondary N) is 1. The molecule has 0 aliphatic heterocycles. The fourth-order valence-electron chi connectivity index (χ4n) is 2.62. The predicted molar refractivity (Wildman–Crippen MR) is 75.1 cm³/mol. The second-order valence-corrected chi connectivity index (χ2v) is 7.17. The van der Waals surface area contributed by atoms with Crippen LogP contribution in [0.25, 0.3) is 0 Å². The van der Waals surface area contributed by atoms with Crippen molar-refractivity contribution in [1.82, 2.24) is 0 Å². The van der Waals surface area contributed by atoms with E-state index in [0.29, 0.717) is 6.04 Å². The van der Waals surface area contributed by atoms with Crippen molar-refractivity contribution in [3.8, 4) is 0 Å². The lowest BCUT2D eigenvalue weighted by molar-refractivity contribution is 0.568. The first kappa shape index (κ1) is 12.7. The van der Waals surface area contributed by atoms with Crippen molar-refractivity contribution in [2.45, 2.75) is 36.6 Å². The molecule has 2 fully saturated rings. The summed E-state index contributed by atoms with van der Waals surface area (Å²) in [5.41, 5.74) is 6.86. The number of hydrogen-bond donors (Lipinski definition) is 3. The summed E-state index contributed by atoms with van der Waals surface area (Å²) < 4.78 is 22.6. The molecule has 5 N–H and O–H groups in total.